The lowest BCUT2D eigenvalue weighted by Crippen LogP contribution is -2.13. The summed E-state index contributed by atoms with van der Waals surface area (Å²) in [6, 6.07) is 0. The molecule has 0 aliphatic heterocycles. The molecule has 0 saturated heterocycles. The van der Waals surface area contributed by atoms with Crippen LogP contribution in [0.15, 0.2) is 36.1 Å². The van der Waals surface area contributed by atoms with Crippen LogP contribution in [0, 0.1) is 0 Å². The number of aliphatic hydroxyl groups excluding tert-OH is 1. The summed E-state index contributed by atoms with van der Waals surface area (Å²) in [5, 5.41) is 9.06. The van der Waals surface area contributed by atoms with Gasteiger partial charge in [-0.25, -0.2) is 0 Å². The van der Waals surface area contributed by atoms with E-state index < -0.39 is 5.91 Å². The zero-order valence-corrected chi connectivity index (χ0v) is 6.37. The second-order valence-electron chi connectivity index (χ2n) is 1.97. The van der Waals surface area contributed by atoms with Gasteiger partial charge in [-0.1, -0.05) is 18.7 Å². The quantitative estimate of drug-likeness (QED) is 0.361. The van der Waals surface area contributed by atoms with Gasteiger partial charge in [0.25, 0.3) is 0 Å². The lowest BCUT2D eigenvalue weighted by molar-refractivity contribution is -0.114. The second-order valence-corrected chi connectivity index (χ2v) is 1.97. The van der Waals surface area contributed by atoms with Gasteiger partial charge in [-0.2, -0.15) is 0 Å². The number of hydrogen-bond acceptors (Lipinski definition) is 2. The van der Waals surface area contributed by atoms with Crippen LogP contribution in [0.1, 0.15) is 6.92 Å². The summed E-state index contributed by atoms with van der Waals surface area (Å²) in [5.74, 6) is -0.756. The standard InChI is InChI=1S/C8H11NO2/c1-3-4-5-7(10)6(2)8(9)11/h3-5,10H,1H2,2H3,(H2,9,11)/b5-4-,7-6-. The number of nitrogens with two attached hydrogens (primary N) is 1. The van der Waals surface area contributed by atoms with Crippen LogP contribution < -0.4 is 5.73 Å². The Labute approximate surface area is 65.5 Å². The highest BCUT2D eigenvalue weighted by Crippen LogP contribution is 2.00. The van der Waals surface area contributed by atoms with E-state index in [9.17, 15) is 4.79 Å². The van der Waals surface area contributed by atoms with Crippen molar-refractivity contribution in [2.24, 2.45) is 5.73 Å². The van der Waals surface area contributed by atoms with Crippen molar-refractivity contribution in [2.45, 2.75) is 6.92 Å². The fourth-order valence-electron chi connectivity index (χ4n) is 0.410. The first-order valence-electron chi connectivity index (χ1n) is 3.08. The number of rotatable bonds is 3. The zero-order valence-electron chi connectivity index (χ0n) is 6.37. The highest BCUT2D eigenvalue weighted by Gasteiger charge is 2.01. The van der Waals surface area contributed by atoms with Crippen LogP contribution >= 0.6 is 0 Å². The van der Waals surface area contributed by atoms with Gasteiger partial charge in [-0.3, -0.25) is 4.79 Å². The Bertz CT molecular complexity index is 226. The van der Waals surface area contributed by atoms with Crippen LogP contribution in [0.3, 0.4) is 0 Å². The third-order valence-corrected chi connectivity index (χ3v) is 1.14. The van der Waals surface area contributed by atoms with Crippen molar-refractivity contribution in [1.82, 2.24) is 0 Å². The average molecular weight is 153 g/mol. The molecule has 0 fully saturated rings. The molecule has 0 bridgehead atoms. The third-order valence-electron chi connectivity index (χ3n) is 1.14. The summed E-state index contributed by atoms with van der Waals surface area (Å²) in [4.78, 5) is 10.4. The molecule has 0 radical (unpaired) electrons. The maximum atomic E-state index is 10.4. The Kier molecular flexibility index (Phi) is 3.73. The molecule has 0 atom stereocenters. The predicted octanol–water partition coefficient (Wildman–Crippen LogP) is 1.05. The molecule has 0 aliphatic rings. The largest absolute Gasteiger partial charge is 0.507 e. The van der Waals surface area contributed by atoms with Crippen LogP contribution in [0.2, 0.25) is 0 Å². The molecule has 0 aromatic heterocycles. The summed E-state index contributed by atoms with van der Waals surface area (Å²) in [6.07, 6.45) is 4.36. The Morgan fingerprint density at radius 2 is 2.18 bits per heavy atom. The van der Waals surface area contributed by atoms with Crippen molar-refractivity contribution in [2.75, 3.05) is 0 Å². The van der Waals surface area contributed by atoms with E-state index in [0.29, 0.717) is 0 Å². The van der Waals surface area contributed by atoms with Crippen LogP contribution in [-0.2, 0) is 4.79 Å². The number of primary amides is 1. The molecule has 60 valence electrons. The Balaban J connectivity index is 4.52. The molecule has 0 aliphatic carbocycles. The lowest BCUT2D eigenvalue weighted by Gasteiger charge is -1.95. The minimum Gasteiger partial charge on any atom is -0.507 e. The monoisotopic (exact) mass is 153 g/mol. The van der Waals surface area contributed by atoms with Gasteiger partial charge in [0.2, 0.25) is 5.91 Å². The third kappa shape index (κ3) is 3.25. The molecule has 11 heavy (non-hydrogen) atoms. The van der Waals surface area contributed by atoms with Gasteiger partial charge in [0.15, 0.2) is 0 Å². The molecule has 3 N–H and O–H groups in total. The molecule has 0 aromatic carbocycles. The van der Waals surface area contributed by atoms with E-state index in [-0.39, 0.29) is 11.3 Å². The van der Waals surface area contributed by atoms with Crippen molar-refractivity contribution >= 4 is 5.91 Å². The maximum Gasteiger partial charge on any atom is 0.248 e. The van der Waals surface area contributed by atoms with Crippen LogP contribution in [-0.4, -0.2) is 11.0 Å². The highest BCUT2D eigenvalue weighted by atomic mass is 16.3. The summed E-state index contributed by atoms with van der Waals surface area (Å²) in [6.45, 7) is 4.85. The van der Waals surface area contributed by atoms with Gasteiger partial charge in [0.1, 0.15) is 5.76 Å². The van der Waals surface area contributed by atoms with Crippen LogP contribution in [0.25, 0.3) is 0 Å². The van der Waals surface area contributed by atoms with E-state index in [0.717, 1.165) is 0 Å². The minimum atomic E-state index is -0.629. The topological polar surface area (TPSA) is 63.3 Å². The molecule has 0 heterocycles. The van der Waals surface area contributed by atoms with Crippen LogP contribution in [0.4, 0.5) is 0 Å². The minimum absolute atomic E-state index is 0.127. The van der Waals surface area contributed by atoms with Gasteiger partial charge in [-0.15, -0.1) is 0 Å². The Morgan fingerprint density at radius 3 is 2.55 bits per heavy atom. The Hall–Kier alpha value is -1.51. The molecule has 3 heteroatoms. The summed E-state index contributed by atoms with van der Waals surface area (Å²) in [7, 11) is 0. The highest BCUT2D eigenvalue weighted by molar-refractivity contribution is 5.92. The first kappa shape index (κ1) is 9.49. The van der Waals surface area contributed by atoms with Crippen molar-refractivity contribution in [1.29, 1.82) is 0 Å². The van der Waals surface area contributed by atoms with Crippen LogP contribution in [0.5, 0.6) is 0 Å². The zero-order chi connectivity index (χ0) is 8.85. The van der Waals surface area contributed by atoms with E-state index in [4.69, 9.17) is 10.8 Å². The number of hydrogen-bond donors (Lipinski definition) is 2. The van der Waals surface area contributed by atoms with Crippen molar-refractivity contribution < 1.29 is 9.90 Å². The van der Waals surface area contributed by atoms with E-state index in [2.05, 4.69) is 6.58 Å². The molecule has 0 saturated carbocycles. The molecule has 0 rings (SSSR count). The maximum absolute atomic E-state index is 10.4. The summed E-state index contributed by atoms with van der Waals surface area (Å²) in [5.41, 5.74) is 5.03. The Morgan fingerprint density at radius 1 is 1.64 bits per heavy atom. The van der Waals surface area contributed by atoms with E-state index in [1.807, 2.05) is 0 Å². The number of carbonyl (C=O) groups excluding carboxylic acids is 1. The predicted molar refractivity (Wildman–Crippen MR) is 43.9 cm³/mol. The number of allylic oxidation sites excluding steroid dienone is 3. The molecule has 0 aromatic rings. The van der Waals surface area contributed by atoms with Crippen molar-refractivity contribution in [3.05, 3.63) is 36.1 Å². The van der Waals surface area contributed by atoms with Crippen molar-refractivity contribution in [3.8, 4) is 0 Å². The average Bonchev–Trinajstić information content (AvgIpc) is 1.98. The SMILES string of the molecule is C=C/C=C\C(O)=C(/C)C(N)=O. The van der Waals surface area contributed by atoms with Crippen molar-refractivity contribution in [3.63, 3.8) is 0 Å². The van der Waals surface area contributed by atoms with E-state index >= 15 is 0 Å². The molecule has 0 spiro atoms. The summed E-state index contributed by atoms with van der Waals surface area (Å²) < 4.78 is 0. The molecular formula is C8H11NO2. The molecule has 0 unspecified atom stereocenters. The van der Waals surface area contributed by atoms with E-state index in [1.54, 1.807) is 0 Å². The normalized spacial score (nSPS) is 12.8. The smallest absolute Gasteiger partial charge is 0.248 e. The number of aliphatic hydroxyl groups is 1. The fraction of sp³-hybridized carbons (Fsp3) is 0.125. The second kappa shape index (κ2) is 4.33. The lowest BCUT2D eigenvalue weighted by atomic mass is 10.2. The molecule has 1 amide bonds. The van der Waals surface area contributed by atoms with Gasteiger partial charge in [0.05, 0.1) is 5.57 Å². The number of amides is 1. The summed E-state index contributed by atoms with van der Waals surface area (Å²) >= 11 is 0. The fourth-order valence-corrected chi connectivity index (χ4v) is 0.410. The molecule has 3 nitrogen and oxygen atoms in total. The molecular weight excluding hydrogens is 142 g/mol. The van der Waals surface area contributed by atoms with Gasteiger partial charge >= 0.3 is 0 Å². The first-order chi connectivity index (χ1) is 5.09. The van der Waals surface area contributed by atoms with Gasteiger partial charge in [0, 0.05) is 0 Å². The van der Waals surface area contributed by atoms with Gasteiger partial charge in [-0.05, 0) is 13.0 Å². The first-order valence-corrected chi connectivity index (χ1v) is 3.08. The number of carbonyl (C=O) groups is 1. The van der Waals surface area contributed by atoms with E-state index in [1.165, 1.54) is 25.2 Å². The van der Waals surface area contributed by atoms with Gasteiger partial charge < -0.3 is 10.8 Å².